The molecule has 4 atom stereocenters. The second-order valence-electron chi connectivity index (χ2n) is 7.22. The summed E-state index contributed by atoms with van der Waals surface area (Å²) < 4.78 is 10.9. The minimum atomic E-state index is -0.565. The lowest BCUT2D eigenvalue weighted by atomic mass is 9.85. The molecule has 0 radical (unpaired) electrons. The highest BCUT2D eigenvalue weighted by Crippen LogP contribution is 2.52. The number of allylic oxidation sites excluding steroid dienone is 2. The molecule has 4 rings (SSSR count). The number of nitro groups is 1. The summed E-state index contributed by atoms with van der Waals surface area (Å²) in [5.41, 5.74) is 0.0693. The Morgan fingerprint density at radius 1 is 1.14 bits per heavy atom. The van der Waals surface area contributed by atoms with Crippen LogP contribution in [0.25, 0.3) is 0 Å². The van der Waals surface area contributed by atoms with E-state index in [1.807, 2.05) is 12.2 Å². The number of nitrogens with zero attached hydrogens (tertiary/aromatic N) is 3. The first kappa shape index (κ1) is 19.1. The van der Waals surface area contributed by atoms with Gasteiger partial charge in [0.1, 0.15) is 0 Å². The number of benzene rings is 1. The summed E-state index contributed by atoms with van der Waals surface area (Å²) in [5.74, 6) is -0.857. The lowest BCUT2D eigenvalue weighted by Crippen LogP contribution is -2.28. The van der Waals surface area contributed by atoms with Crippen molar-refractivity contribution in [2.24, 2.45) is 28.8 Å². The number of hydrogen-bond donors (Lipinski definition) is 0. The Bertz CT molecular complexity index is 910. The second-order valence-corrected chi connectivity index (χ2v) is 7.22. The van der Waals surface area contributed by atoms with Gasteiger partial charge in [-0.1, -0.05) is 12.2 Å². The van der Waals surface area contributed by atoms with Crippen LogP contribution in [-0.4, -0.2) is 41.2 Å². The van der Waals surface area contributed by atoms with Crippen LogP contribution in [0.4, 0.5) is 5.69 Å². The maximum absolute atomic E-state index is 12.7. The Balaban J connectivity index is 1.64. The third-order valence-electron chi connectivity index (χ3n) is 5.61. The summed E-state index contributed by atoms with van der Waals surface area (Å²) in [7, 11) is 0. The van der Waals surface area contributed by atoms with Gasteiger partial charge < -0.3 is 9.47 Å². The van der Waals surface area contributed by atoms with Crippen molar-refractivity contribution in [3.05, 3.63) is 40.0 Å². The molecular formula is C20H21N3O6. The van der Waals surface area contributed by atoms with Gasteiger partial charge in [-0.2, -0.15) is 10.1 Å². The molecule has 1 aromatic rings. The van der Waals surface area contributed by atoms with E-state index in [1.54, 1.807) is 19.9 Å². The normalized spacial score (nSPS) is 27.2. The van der Waals surface area contributed by atoms with E-state index < -0.39 is 4.92 Å². The van der Waals surface area contributed by atoms with E-state index in [0.29, 0.717) is 12.2 Å². The fraction of sp³-hybridized carbons (Fsp3) is 0.450. The molecule has 0 N–H and O–H groups in total. The topological polar surface area (TPSA) is 111 Å². The Kier molecular flexibility index (Phi) is 4.81. The van der Waals surface area contributed by atoms with Gasteiger partial charge in [0.2, 0.25) is 5.75 Å². The number of amides is 2. The fourth-order valence-electron chi connectivity index (χ4n) is 4.50. The molecule has 2 amide bonds. The molecule has 0 aromatic heterocycles. The third kappa shape index (κ3) is 3.06. The summed E-state index contributed by atoms with van der Waals surface area (Å²) in [6, 6.07) is 2.83. The molecule has 9 heteroatoms. The largest absolute Gasteiger partial charge is 0.490 e. The molecular weight excluding hydrogens is 378 g/mol. The highest BCUT2D eigenvalue weighted by atomic mass is 16.6. The molecule has 0 unspecified atom stereocenters. The standard InChI is InChI=1S/C20H21N3O6/c1-3-28-15-8-11(7-14(23(26)27)18(15)29-4-2)10-21-22-19(24)16-12-5-6-13(9-12)17(16)20(22)25/h5-8,10,12-13,16-17H,3-4,9H2,1-2H3/t12-,13-,16-,17+/m0/s1. The van der Waals surface area contributed by atoms with Gasteiger partial charge in [0.25, 0.3) is 11.8 Å². The number of fused-ring (bicyclic) bond motifs is 5. The molecule has 29 heavy (non-hydrogen) atoms. The first-order valence-electron chi connectivity index (χ1n) is 9.64. The third-order valence-corrected chi connectivity index (χ3v) is 5.61. The second kappa shape index (κ2) is 7.31. The van der Waals surface area contributed by atoms with E-state index in [4.69, 9.17) is 9.47 Å². The van der Waals surface area contributed by atoms with Gasteiger partial charge in [-0.3, -0.25) is 19.7 Å². The van der Waals surface area contributed by atoms with Crippen LogP contribution < -0.4 is 9.47 Å². The fourth-order valence-corrected chi connectivity index (χ4v) is 4.50. The van der Waals surface area contributed by atoms with Crippen LogP contribution in [0.2, 0.25) is 0 Å². The monoisotopic (exact) mass is 399 g/mol. The molecule has 2 bridgehead atoms. The number of carbonyl (C=O) groups is 2. The van der Waals surface area contributed by atoms with Gasteiger partial charge in [-0.25, -0.2) is 0 Å². The number of carbonyl (C=O) groups excluding carboxylic acids is 2. The lowest BCUT2D eigenvalue weighted by Gasteiger charge is -2.13. The van der Waals surface area contributed by atoms with Crippen LogP contribution >= 0.6 is 0 Å². The average Bonchev–Trinajstić information content (AvgIpc) is 3.36. The van der Waals surface area contributed by atoms with Gasteiger partial charge >= 0.3 is 5.69 Å². The van der Waals surface area contributed by atoms with Crippen LogP contribution in [0.15, 0.2) is 29.4 Å². The summed E-state index contributed by atoms with van der Waals surface area (Å²) in [6.07, 6.45) is 6.13. The molecule has 152 valence electrons. The Hall–Kier alpha value is -3.23. The minimum Gasteiger partial charge on any atom is -0.490 e. The maximum Gasteiger partial charge on any atom is 0.315 e. The summed E-state index contributed by atoms with van der Waals surface area (Å²) in [5, 5.41) is 16.5. The molecule has 2 aliphatic carbocycles. The highest BCUT2D eigenvalue weighted by Gasteiger charge is 2.59. The number of hydrazone groups is 1. The Morgan fingerprint density at radius 2 is 1.76 bits per heavy atom. The van der Waals surface area contributed by atoms with Crippen LogP contribution in [0, 0.1) is 33.8 Å². The average molecular weight is 399 g/mol. The number of rotatable bonds is 7. The van der Waals surface area contributed by atoms with Crippen LogP contribution in [-0.2, 0) is 9.59 Å². The SMILES string of the molecule is CCOc1cc(C=NN2C(=O)[C@@H]3[C@H](C2=O)[C@H]2C=C[C@H]3C2)cc([N+](=O)[O-])c1OCC. The lowest BCUT2D eigenvalue weighted by molar-refractivity contribution is -0.385. The van der Waals surface area contributed by atoms with Crippen molar-refractivity contribution in [1.82, 2.24) is 5.01 Å². The molecule has 1 saturated carbocycles. The molecule has 1 saturated heterocycles. The van der Waals surface area contributed by atoms with Crippen molar-refractivity contribution in [3.63, 3.8) is 0 Å². The zero-order valence-corrected chi connectivity index (χ0v) is 16.1. The number of hydrogen-bond acceptors (Lipinski definition) is 7. The summed E-state index contributed by atoms with van der Waals surface area (Å²) in [6.45, 7) is 4.01. The van der Waals surface area contributed by atoms with Gasteiger partial charge in [0.15, 0.2) is 5.75 Å². The Labute approximate surface area is 167 Å². The zero-order chi connectivity index (χ0) is 20.7. The van der Waals surface area contributed by atoms with E-state index >= 15 is 0 Å². The van der Waals surface area contributed by atoms with E-state index in [9.17, 15) is 19.7 Å². The smallest absolute Gasteiger partial charge is 0.315 e. The summed E-state index contributed by atoms with van der Waals surface area (Å²) in [4.78, 5) is 36.3. The number of imide groups is 1. The van der Waals surface area contributed by atoms with Gasteiger partial charge in [0, 0.05) is 11.6 Å². The number of nitro benzene ring substituents is 1. The molecule has 3 aliphatic rings. The molecule has 2 fully saturated rings. The first-order chi connectivity index (χ1) is 14.0. The van der Waals surface area contributed by atoms with Gasteiger partial charge in [0.05, 0.1) is 36.2 Å². The highest BCUT2D eigenvalue weighted by molar-refractivity contribution is 6.06. The molecule has 0 spiro atoms. The van der Waals surface area contributed by atoms with Crippen LogP contribution in [0.5, 0.6) is 11.5 Å². The predicted molar refractivity (Wildman–Crippen MR) is 103 cm³/mol. The van der Waals surface area contributed by atoms with Crippen molar-refractivity contribution in [2.45, 2.75) is 20.3 Å². The van der Waals surface area contributed by atoms with Crippen LogP contribution in [0.3, 0.4) is 0 Å². The Morgan fingerprint density at radius 3 is 2.31 bits per heavy atom. The minimum absolute atomic E-state index is 0.0435. The summed E-state index contributed by atoms with van der Waals surface area (Å²) >= 11 is 0. The molecule has 1 aromatic carbocycles. The number of ether oxygens (including phenoxy) is 2. The van der Waals surface area contributed by atoms with Crippen molar-refractivity contribution in [3.8, 4) is 11.5 Å². The van der Waals surface area contributed by atoms with Crippen molar-refractivity contribution in [2.75, 3.05) is 13.2 Å². The van der Waals surface area contributed by atoms with Crippen molar-refractivity contribution < 1.29 is 24.0 Å². The first-order valence-corrected chi connectivity index (χ1v) is 9.64. The zero-order valence-electron chi connectivity index (χ0n) is 16.1. The molecule has 1 heterocycles. The molecule has 9 nitrogen and oxygen atoms in total. The molecule has 1 aliphatic heterocycles. The van der Waals surface area contributed by atoms with E-state index in [-0.39, 0.29) is 59.3 Å². The van der Waals surface area contributed by atoms with Crippen molar-refractivity contribution in [1.29, 1.82) is 0 Å². The predicted octanol–water partition coefficient (Wildman–Crippen LogP) is 2.53. The van der Waals surface area contributed by atoms with E-state index in [1.165, 1.54) is 12.3 Å². The quantitative estimate of drug-likeness (QED) is 0.229. The van der Waals surface area contributed by atoms with Gasteiger partial charge in [-0.05, 0) is 38.2 Å². The van der Waals surface area contributed by atoms with Crippen molar-refractivity contribution >= 4 is 23.7 Å². The maximum atomic E-state index is 12.7. The van der Waals surface area contributed by atoms with Gasteiger partial charge in [-0.15, -0.1) is 0 Å². The van der Waals surface area contributed by atoms with E-state index in [0.717, 1.165) is 11.4 Å². The van der Waals surface area contributed by atoms with Crippen LogP contribution in [0.1, 0.15) is 25.8 Å². The van der Waals surface area contributed by atoms with E-state index in [2.05, 4.69) is 5.10 Å².